The summed E-state index contributed by atoms with van der Waals surface area (Å²) >= 11 is 0. The molecule has 0 amide bonds. The molecule has 4 aromatic rings. The lowest BCUT2D eigenvalue weighted by molar-refractivity contribution is 0.615. The molecule has 0 spiro atoms. The van der Waals surface area contributed by atoms with E-state index in [0.717, 1.165) is 0 Å². The molecule has 15 heteroatoms. The summed E-state index contributed by atoms with van der Waals surface area (Å²) in [6.07, 6.45) is 7.92. The third kappa shape index (κ3) is 4.38. The molecule has 2 aliphatic rings. The molecule has 6 rings (SSSR count). The summed E-state index contributed by atoms with van der Waals surface area (Å²) in [6.45, 7) is 0. The van der Waals surface area contributed by atoms with Gasteiger partial charge in [0.05, 0.1) is 51.3 Å². The maximum atomic E-state index is 10.2. The highest BCUT2D eigenvalue weighted by Gasteiger charge is 2.29. The zero-order valence-corrected chi connectivity index (χ0v) is 23.2. The molecule has 0 saturated carbocycles. The fourth-order valence-corrected chi connectivity index (χ4v) is 5.14. The van der Waals surface area contributed by atoms with Gasteiger partial charge in [0.1, 0.15) is 54.1 Å². The predicted molar refractivity (Wildman–Crippen MR) is 159 cm³/mol. The average molecular weight is 605 g/mol. The van der Waals surface area contributed by atoms with Crippen LogP contribution in [0, 0.1) is 90.6 Å². The minimum absolute atomic E-state index is 0.149. The lowest BCUT2D eigenvalue weighted by Crippen LogP contribution is -2.15. The summed E-state index contributed by atoms with van der Waals surface area (Å²) in [6, 6.07) is 16.4. The Morgan fingerprint density at radius 1 is 0.553 bits per heavy atom. The third-order valence-corrected chi connectivity index (χ3v) is 7.05. The molecule has 0 bridgehead atoms. The number of fused-ring (bicyclic) bond motifs is 6. The average Bonchev–Trinajstić information content (AvgIpc) is 3.62. The fourth-order valence-electron chi connectivity index (χ4n) is 5.14. The van der Waals surface area contributed by atoms with E-state index in [1.54, 1.807) is 42.5 Å². The number of rotatable bonds is 2. The molecule has 15 nitrogen and oxygen atoms in total. The summed E-state index contributed by atoms with van der Waals surface area (Å²) < 4.78 is 5.78. The lowest BCUT2D eigenvalue weighted by atomic mass is 9.92. The molecule has 0 fully saturated rings. The van der Waals surface area contributed by atoms with Gasteiger partial charge < -0.3 is 15.1 Å². The van der Waals surface area contributed by atoms with Gasteiger partial charge in [0.15, 0.2) is 22.8 Å². The number of anilines is 2. The molecule has 5 heterocycles. The van der Waals surface area contributed by atoms with Crippen molar-refractivity contribution in [3.63, 3.8) is 0 Å². The highest BCUT2D eigenvalue weighted by molar-refractivity contribution is 6.10. The second kappa shape index (κ2) is 11.2. The Bertz CT molecular complexity index is 2360. The van der Waals surface area contributed by atoms with Crippen LogP contribution >= 0.6 is 0 Å². The van der Waals surface area contributed by atoms with Crippen LogP contribution in [0.4, 0.5) is 11.4 Å². The number of nitrogens with zero attached hydrogens (tertiary/aromatic N) is 12. The Morgan fingerprint density at radius 2 is 0.979 bits per heavy atom. The molecule has 47 heavy (non-hydrogen) atoms. The van der Waals surface area contributed by atoms with Crippen LogP contribution in [0.2, 0.25) is 0 Å². The van der Waals surface area contributed by atoms with Crippen molar-refractivity contribution in [1.29, 1.82) is 42.1 Å². The number of hydrogen-bond donors (Lipinski definition) is 2. The number of hydrogen-bond acceptors (Lipinski definition) is 15. The highest BCUT2D eigenvalue weighted by Crippen LogP contribution is 2.46. The van der Waals surface area contributed by atoms with Crippen molar-refractivity contribution >= 4 is 45.6 Å². The summed E-state index contributed by atoms with van der Waals surface area (Å²) in [5, 5.41) is 85.1. The zero-order valence-electron chi connectivity index (χ0n) is 23.2. The van der Waals surface area contributed by atoms with Gasteiger partial charge >= 0.3 is 0 Å². The summed E-state index contributed by atoms with van der Waals surface area (Å²) in [4.78, 5) is 15.5. The normalized spacial score (nSPS) is 14.0. The Balaban J connectivity index is 1.59. The minimum Gasteiger partial charge on any atom is -0.464 e. The van der Waals surface area contributed by atoms with E-state index in [1.807, 2.05) is 36.4 Å². The van der Waals surface area contributed by atoms with E-state index in [2.05, 4.69) is 30.6 Å². The highest BCUT2D eigenvalue weighted by atomic mass is 16.3. The van der Waals surface area contributed by atoms with Crippen LogP contribution in [0.15, 0.2) is 40.3 Å². The summed E-state index contributed by atoms with van der Waals surface area (Å²) in [5.41, 5.74) is 0.675. The van der Waals surface area contributed by atoms with E-state index in [1.165, 1.54) is 6.26 Å². The van der Waals surface area contributed by atoms with Crippen molar-refractivity contribution in [2.45, 2.75) is 0 Å². The van der Waals surface area contributed by atoms with Gasteiger partial charge in [0.25, 0.3) is 0 Å². The van der Waals surface area contributed by atoms with E-state index >= 15 is 0 Å². The lowest BCUT2D eigenvalue weighted by Gasteiger charge is -2.26. The van der Waals surface area contributed by atoms with Crippen molar-refractivity contribution in [1.82, 2.24) is 19.9 Å². The Morgan fingerprint density at radius 3 is 1.38 bits per heavy atom. The van der Waals surface area contributed by atoms with Crippen LogP contribution in [0.1, 0.15) is 56.7 Å². The van der Waals surface area contributed by atoms with Crippen molar-refractivity contribution in [3.8, 4) is 48.6 Å². The van der Waals surface area contributed by atoms with Crippen LogP contribution in [-0.4, -0.2) is 19.9 Å². The third-order valence-electron chi connectivity index (χ3n) is 7.05. The fraction of sp³-hybridized carbons (Fsp3) is 0. The first-order valence-corrected chi connectivity index (χ1v) is 13.0. The van der Waals surface area contributed by atoms with Crippen molar-refractivity contribution in [2.75, 3.05) is 10.6 Å². The first kappa shape index (κ1) is 28.5. The van der Waals surface area contributed by atoms with E-state index in [4.69, 9.17) is 4.42 Å². The first-order valence-electron chi connectivity index (χ1n) is 13.0. The van der Waals surface area contributed by atoms with Gasteiger partial charge in [-0.3, -0.25) is 0 Å². The van der Waals surface area contributed by atoms with E-state index < -0.39 is 11.6 Å². The molecule has 3 aromatic heterocycles. The predicted octanol–water partition coefficient (Wildman–Crippen LogP) is 3.99. The Labute approximate surface area is 263 Å². The first-order chi connectivity index (χ1) is 22.9. The zero-order chi connectivity index (χ0) is 33.2. The van der Waals surface area contributed by atoms with Gasteiger partial charge in [-0.15, -0.1) is 0 Å². The number of benzene rings is 1. The molecule has 2 aliphatic heterocycles. The van der Waals surface area contributed by atoms with Gasteiger partial charge in [-0.2, -0.15) is 42.1 Å². The van der Waals surface area contributed by atoms with E-state index in [-0.39, 0.29) is 56.4 Å². The molecule has 0 aliphatic carbocycles. The smallest absolute Gasteiger partial charge is 0.234 e. The van der Waals surface area contributed by atoms with Gasteiger partial charge in [-0.05, 0) is 30.4 Å². The van der Waals surface area contributed by atoms with Gasteiger partial charge in [0, 0.05) is 16.5 Å². The van der Waals surface area contributed by atoms with Gasteiger partial charge in [-0.25, -0.2) is 19.9 Å². The van der Waals surface area contributed by atoms with Crippen LogP contribution in [0.3, 0.4) is 0 Å². The van der Waals surface area contributed by atoms with Crippen LogP contribution in [0.25, 0.3) is 34.3 Å². The van der Waals surface area contributed by atoms with Crippen LogP contribution in [-0.2, 0) is 0 Å². The number of aromatic nitrogens is 4. The second-order valence-corrected chi connectivity index (χ2v) is 9.37. The number of nitriles is 8. The molecular weight excluding hydrogens is 596 g/mol. The number of allylic oxidation sites excluding steroid dienone is 4. The van der Waals surface area contributed by atoms with Gasteiger partial charge in [-0.1, -0.05) is 0 Å². The standard InChI is InChI=1S/C32H8N14O/c33-7-18(28-22(9-35)41-26(13-39)42-23(28)10-36)20-3-1-15-16-5-6-47-32(16)17-2-4-21(46-31(17)30(15)45-20)19(8-34)29-24(11-37)43-27(14-40)44-25(29)12-38/h1-6,45-46H/b20-18+,21-19+. The minimum atomic E-state index is -0.411. The van der Waals surface area contributed by atoms with Crippen molar-refractivity contribution < 1.29 is 4.42 Å². The number of nitrogens with one attached hydrogen (secondary N) is 2. The Hall–Kier alpha value is -8.60. The molecule has 212 valence electrons. The second-order valence-electron chi connectivity index (χ2n) is 9.37. The monoisotopic (exact) mass is 604 g/mol. The number of furan rings is 1. The van der Waals surface area contributed by atoms with Crippen LogP contribution < -0.4 is 10.6 Å². The maximum absolute atomic E-state index is 10.2. The molecule has 0 saturated heterocycles. The molecular formula is C32H8N14O. The molecule has 2 N–H and O–H groups in total. The largest absolute Gasteiger partial charge is 0.464 e. The molecule has 0 unspecified atom stereocenters. The van der Waals surface area contributed by atoms with E-state index in [9.17, 15) is 42.1 Å². The maximum Gasteiger partial charge on any atom is 0.234 e. The molecule has 0 radical (unpaired) electrons. The van der Waals surface area contributed by atoms with E-state index in [0.29, 0.717) is 33.5 Å². The Kier molecular flexibility index (Phi) is 6.82. The van der Waals surface area contributed by atoms with Crippen molar-refractivity contribution in [3.05, 3.63) is 92.6 Å². The SMILES string of the molecule is N#C/C(=C1/C=Cc2c(c3c(c4occc24)C=C/C(=C(/C#N)c2c(C#N)nc(C#N)nc2C#N)N3)N1)c1c(C#N)nc(C#N)nc1C#N. The molecule has 1 aromatic carbocycles. The van der Waals surface area contributed by atoms with Gasteiger partial charge in [0.2, 0.25) is 11.6 Å². The van der Waals surface area contributed by atoms with Crippen molar-refractivity contribution in [2.24, 2.45) is 0 Å². The summed E-state index contributed by atoms with van der Waals surface area (Å²) in [7, 11) is 0. The summed E-state index contributed by atoms with van der Waals surface area (Å²) in [5.74, 6) is -0.820. The van der Waals surface area contributed by atoms with Crippen LogP contribution in [0.5, 0.6) is 0 Å². The molecule has 0 atom stereocenters. The topological polar surface area (TPSA) is 279 Å². The quantitative estimate of drug-likeness (QED) is 0.306.